The van der Waals surface area contributed by atoms with Gasteiger partial charge in [-0.15, -0.1) is 11.3 Å². The zero-order valence-corrected chi connectivity index (χ0v) is 16.0. The lowest BCUT2D eigenvalue weighted by Gasteiger charge is -2.36. The molecule has 1 N–H and O–H groups in total. The molecule has 1 unspecified atom stereocenters. The fourth-order valence-corrected chi connectivity index (χ4v) is 4.55. The van der Waals surface area contributed by atoms with Crippen molar-refractivity contribution in [2.45, 2.75) is 25.1 Å². The molecule has 5 nitrogen and oxygen atoms in total. The Hall–Kier alpha value is -2.13. The SMILES string of the molecule is O=C(c1csc(C2CCCN2)n1)N1CCN(c2cccc(C(F)(F)F)c2)CC1. The van der Waals surface area contributed by atoms with Gasteiger partial charge in [0, 0.05) is 37.2 Å². The minimum absolute atomic E-state index is 0.107. The van der Waals surface area contributed by atoms with E-state index in [9.17, 15) is 18.0 Å². The number of rotatable bonds is 3. The summed E-state index contributed by atoms with van der Waals surface area (Å²) in [6.07, 6.45) is -2.20. The number of carbonyl (C=O) groups excluding carboxylic acids is 1. The van der Waals surface area contributed by atoms with Crippen molar-refractivity contribution < 1.29 is 18.0 Å². The molecule has 0 radical (unpaired) electrons. The maximum absolute atomic E-state index is 12.9. The average molecular weight is 410 g/mol. The van der Waals surface area contributed by atoms with Gasteiger partial charge in [0.1, 0.15) is 10.7 Å². The molecule has 2 saturated heterocycles. The highest BCUT2D eigenvalue weighted by molar-refractivity contribution is 7.09. The monoisotopic (exact) mass is 410 g/mol. The fraction of sp³-hybridized carbons (Fsp3) is 0.474. The van der Waals surface area contributed by atoms with E-state index in [1.165, 1.54) is 23.5 Å². The Morgan fingerprint density at radius 1 is 1.21 bits per heavy atom. The van der Waals surface area contributed by atoms with Crippen molar-refractivity contribution in [3.05, 3.63) is 45.9 Å². The minimum Gasteiger partial charge on any atom is -0.368 e. The van der Waals surface area contributed by atoms with E-state index in [0.29, 0.717) is 37.6 Å². The molecule has 2 aliphatic rings. The number of amides is 1. The van der Waals surface area contributed by atoms with E-state index in [2.05, 4.69) is 10.3 Å². The Morgan fingerprint density at radius 2 is 2.00 bits per heavy atom. The van der Waals surface area contributed by atoms with Gasteiger partial charge in [-0.25, -0.2) is 4.98 Å². The average Bonchev–Trinajstić information content (AvgIpc) is 3.39. The van der Waals surface area contributed by atoms with Gasteiger partial charge in [0.2, 0.25) is 0 Å². The molecule has 1 aromatic heterocycles. The molecule has 2 aliphatic heterocycles. The molecule has 9 heteroatoms. The molecule has 2 aromatic rings. The number of aromatic nitrogens is 1. The number of alkyl halides is 3. The number of piperazine rings is 1. The molecule has 0 aliphatic carbocycles. The quantitative estimate of drug-likeness (QED) is 0.841. The Morgan fingerprint density at radius 3 is 2.68 bits per heavy atom. The molecule has 1 aromatic carbocycles. The maximum Gasteiger partial charge on any atom is 0.416 e. The highest BCUT2D eigenvalue weighted by Gasteiger charge is 2.31. The summed E-state index contributed by atoms with van der Waals surface area (Å²) in [5, 5.41) is 6.13. The number of nitrogens with zero attached hydrogens (tertiary/aromatic N) is 3. The van der Waals surface area contributed by atoms with Gasteiger partial charge in [-0.2, -0.15) is 13.2 Å². The van der Waals surface area contributed by atoms with Crippen molar-refractivity contribution in [3.8, 4) is 0 Å². The summed E-state index contributed by atoms with van der Waals surface area (Å²) in [5.41, 5.74) is 0.338. The summed E-state index contributed by atoms with van der Waals surface area (Å²) in [7, 11) is 0. The van der Waals surface area contributed by atoms with E-state index in [-0.39, 0.29) is 11.9 Å². The van der Waals surface area contributed by atoms with Gasteiger partial charge in [0.15, 0.2) is 0 Å². The van der Waals surface area contributed by atoms with Crippen LogP contribution in [0.25, 0.3) is 0 Å². The highest BCUT2D eigenvalue weighted by atomic mass is 32.1. The molecule has 0 spiro atoms. The Balaban J connectivity index is 1.38. The van der Waals surface area contributed by atoms with Crippen molar-refractivity contribution in [2.75, 3.05) is 37.6 Å². The van der Waals surface area contributed by atoms with Gasteiger partial charge >= 0.3 is 6.18 Å². The molecule has 2 fully saturated rings. The summed E-state index contributed by atoms with van der Waals surface area (Å²) in [5.74, 6) is -0.107. The molecule has 0 bridgehead atoms. The number of hydrogen-bond acceptors (Lipinski definition) is 5. The van der Waals surface area contributed by atoms with Crippen LogP contribution in [0, 0.1) is 0 Å². The third kappa shape index (κ3) is 4.00. The predicted octanol–water partition coefficient (Wildman–Crippen LogP) is 3.55. The van der Waals surface area contributed by atoms with E-state index in [4.69, 9.17) is 0 Å². The number of benzene rings is 1. The van der Waals surface area contributed by atoms with E-state index < -0.39 is 11.7 Å². The summed E-state index contributed by atoms with van der Waals surface area (Å²) in [6, 6.07) is 5.57. The van der Waals surface area contributed by atoms with Gasteiger partial charge in [0.25, 0.3) is 5.91 Å². The van der Waals surface area contributed by atoms with Crippen LogP contribution in [0.3, 0.4) is 0 Å². The van der Waals surface area contributed by atoms with E-state index in [1.807, 2.05) is 4.90 Å². The second kappa shape index (κ2) is 7.71. The first-order valence-electron chi connectivity index (χ1n) is 9.32. The minimum atomic E-state index is -4.36. The number of nitrogens with one attached hydrogen (secondary N) is 1. The van der Waals surface area contributed by atoms with Crippen LogP contribution in [0.1, 0.15) is 39.9 Å². The Kier molecular flexibility index (Phi) is 5.29. The van der Waals surface area contributed by atoms with Crippen LogP contribution in [0.2, 0.25) is 0 Å². The van der Waals surface area contributed by atoms with Crippen molar-refractivity contribution >= 4 is 22.9 Å². The van der Waals surface area contributed by atoms with Crippen molar-refractivity contribution in [1.29, 1.82) is 0 Å². The van der Waals surface area contributed by atoms with E-state index >= 15 is 0 Å². The lowest BCUT2D eigenvalue weighted by atomic mass is 10.1. The summed E-state index contributed by atoms with van der Waals surface area (Å²) in [4.78, 5) is 20.9. The van der Waals surface area contributed by atoms with Crippen molar-refractivity contribution in [3.63, 3.8) is 0 Å². The largest absolute Gasteiger partial charge is 0.416 e. The summed E-state index contributed by atoms with van der Waals surface area (Å²) >= 11 is 1.50. The fourth-order valence-electron chi connectivity index (χ4n) is 3.65. The predicted molar refractivity (Wildman–Crippen MR) is 102 cm³/mol. The Labute approximate surface area is 165 Å². The van der Waals surface area contributed by atoms with E-state index in [1.54, 1.807) is 16.3 Å². The maximum atomic E-state index is 12.9. The number of anilines is 1. The van der Waals surface area contributed by atoms with Gasteiger partial charge in [-0.3, -0.25) is 4.79 Å². The first-order chi connectivity index (χ1) is 13.4. The zero-order chi connectivity index (χ0) is 19.7. The van der Waals surface area contributed by atoms with Crippen LogP contribution < -0.4 is 10.2 Å². The lowest BCUT2D eigenvalue weighted by molar-refractivity contribution is -0.137. The summed E-state index contributed by atoms with van der Waals surface area (Å²) < 4.78 is 38.8. The van der Waals surface area contributed by atoms with Crippen LogP contribution in [0.5, 0.6) is 0 Å². The van der Waals surface area contributed by atoms with Gasteiger partial charge in [-0.1, -0.05) is 6.07 Å². The van der Waals surface area contributed by atoms with Crippen LogP contribution in [-0.2, 0) is 6.18 Å². The molecular weight excluding hydrogens is 389 g/mol. The second-order valence-corrected chi connectivity index (χ2v) is 7.94. The van der Waals surface area contributed by atoms with Crippen LogP contribution >= 0.6 is 11.3 Å². The molecule has 3 heterocycles. The number of halogens is 3. The molecule has 28 heavy (non-hydrogen) atoms. The number of thiazole rings is 1. The highest BCUT2D eigenvalue weighted by Crippen LogP contribution is 2.32. The molecule has 1 amide bonds. The van der Waals surface area contributed by atoms with Crippen LogP contribution in [-0.4, -0.2) is 48.5 Å². The first-order valence-corrected chi connectivity index (χ1v) is 10.2. The third-order valence-corrected chi connectivity index (χ3v) is 6.16. The standard InChI is InChI=1S/C19H21F3N4OS/c20-19(21,22)13-3-1-4-14(11-13)25-7-9-26(10-8-25)18(27)16-12-28-17(24-16)15-5-2-6-23-15/h1,3-4,11-12,15,23H,2,5-10H2. The normalized spacial score (nSPS) is 20.6. The number of hydrogen-bond donors (Lipinski definition) is 1. The summed E-state index contributed by atoms with van der Waals surface area (Å²) in [6.45, 7) is 2.89. The third-order valence-electron chi connectivity index (χ3n) is 5.20. The smallest absolute Gasteiger partial charge is 0.368 e. The van der Waals surface area contributed by atoms with Gasteiger partial charge < -0.3 is 15.1 Å². The molecule has 4 rings (SSSR count). The van der Waals surface area contributed by atoms with Crippen molar-refractivity contribution in [2.24, 2.45) is 0 Å². The van der Waals surface area contributed by atoms with Crippen molar-refractivity contribution in [1.82, 2.24) is 15.2 Å². The molecular formula is C19H21F3N4OS. The topological polar surface area (TPSA) is 48.5 Å². The number of carbonyl (C=O) groups is 1. The molecule has 1 atom stereocenters. The van der Waals surface area contributed by atoms with Gasteiger partial charge in [-0.05, 0) is 37.6 Å². The van der Waals surface area contributed by atoms with E-state index in [0.717, 1.165) is 30.5 Å². The lowest BCUT2D eigenvalue weighted by Crippen LogP contribution is -2.49. The van der Waals surface area contributed by atoms with Crippen LogP contribution in [0.15, 0.2) is 29.6 Å². The zero-order valence-electron chi connectivity index (χ0n) is 15.2. The second-order valence-electron chi connectivity index (χ2n) is 7.05. The molecule has 0 saturated carbocycles. The van der Waals surface area contributed by atoms with Gasteiger partial charge in [0.05, 0.1) is 11.6 Å². The van der Waals surface area contributed by atoms with Crippen LogP contribution in [0.4, 0.5) is 18.9 Å². The first kappa shape index (κ1) is 19.2. The molecule has 150 valence electrons. The Bertz CT molecular complexity index is 840.